The van der Waals surface area contributed by atoms with Crippen molar-refractivity contribution in [2.75, 3.05) is 7.11 Å². The topological polar surface area (TPSA) is 43.4 Å². The van der Waals surface area contributed by atoms with Crippen LogP contribution < -0.4 is 0 Å². The lowest BCUT2D eigenvalue weighted by Crippen LogP contribution is -2.00. The van der Waals surface area contributed by atoms with Crippen molar-refractivity contribution in [1.82, 2.24) is 0 Å². The molecule has 0 spiro atoms. The average molecular weight is 266 g/mol. The highest BCUT2D eigenvalue weighted by Gasteiger charge is 2.07. The molecule has 0 unspecified atom stereocenters. The fourth-order valence-corrected chi connectivity index (χ4v) is 1.73. The molecule has 0 aliphatic heterocycles. The molecule has 0 aromatic heterocycles. The fraction of sp³-hybridized carbons (Fsp3) is 0.0588. The number of hydrogen-bond donors (Lipinski definition) is 0. The van der Waals surface area contributed by atoms with Crippen molar-refractivity contribution in [3.63, 3.8) is 0 Å². The van der Waals surface area contributed by atoms with Gasteiger partial charge in [-0.25, -0.2) is 4.79 Å². The highest BCUT2D eigenvalue weighted by atomic mass is 16.5. The first-order chi connectivity index (χ1) is 9.70. The van der Waals surface area contributed by atoms with Crippen molar-refractivity contribution in [3.05, 3.63) is 77.4 Å². The lowest BCUT2D eigenvalue weighted by molar-refractivity contribution is -0.134. The molecule has 0 radical (unpaired) electrons. The number of methoxy groups -OCH3 is 1. The Morgan fingerprint density at radius 1 is 0.900 bits per heavy atom. The third-order valence-corrected chi connectivity index (χ3v) is 2.82. The standard InChI is InChI=1S/C17H14O3/c1-20-16(18)12-9-13-7-10-15(11-8-13)17(19)14-5-3-2-4-6-14/h2-12H,1H3. The van der Waals surface area contributed by atoms with Gasteiger partial charge in [0, 0.05) is 17.2 Å². The molecular formula is C17H14O3. The van der Waals surface area contributed by atoms with Crippen LogP contribution in [0.1, 0.15) is 21.5 Å². The molecule has 0 heterocycles. The van der Waals surface area contributed by atoms with Gasteiger partial charge < -0.3 is 4.74 Å². The number of esters is 1. The molecule has 0 fully saturated rings. The van der Waals surface area contributed by atoms with Crippen LogP contribution in [0.25, 0.3) is 6.08 Å². The maximum atomic E-state index is 12.2. The molecule has 0 bridgehead atoms. The molecule has 0 aliphatic carbocycles. The predicted molar refractivity (Wildman–Crippen MR) is 77.4 cm³/mol. The smallest absolute Gasteiger partial charge is 0.330 e. The van der Waals surface area contributed by atoms with Gasteiger partial charge in [-0.3, -0.25) is 4.79 Å². The monoisotopic (exact) mass is 266 g/mol. The van der Waals surface area contributed by atoms with Gasteiger partial charge in [0.05, 0.1) is 7.11 Å². The van der Waals surface area contributed by atoms with Crippen LogP contribution >= 0.6 is 0 Å². The molecule has 0 N–H and O–H groups in total. The molecule has 3 nitrogen and oxygen atoms in total. The second kappa shape index (κ2) is 6.48. The van der Waals surface area contributed by atoms with Gasteiger partial charge in [0.25, 0.3) is 0 Å². The molecule has 20 heavy (non-hydrogen) atoms. The zero-order valence-electron chi connectivity index (χ0n) is 11.1. The summed E-state index contributed by atoms with van der Waals surface area (Å²) in [6.45, 7) is 0. The van der Waals surface area contributed by atoms with E-state index in [9.17, 15) is 9.59 Å². The Morgan fingerprint density at radius 3 is 2.10 bits per heavy atom. The molecule has 0 saturated carbocycles. The first kappa shape index (κ1) is 13.7. The van der Waals surface area contributed by atoms with Gasteiger partial charge in [0.15, 0.2) is 5.78 Å². The molecule has 0 amide bonds. The number of ketones is 1. The second-order valence-electron chi connectivity index (χ2n) is 4.17. The van der Waals surface area contributed by atoms with Crippen LogP contribution in [-0.2, 0) is 9.53 Å². The van der Waals surface area contributed by atoms with E-state index in [0.29, 0.717) is 11.1 Å². The Bertz CT molecular complexity index is 625. The molecule has 0 atom stereocenters. The van der Waals surface area contributed by atoms with E-state index in [-0.39, 0.29) is 5.78 Å². The average Bonchev–Trinajstić information content (AvgIpc) is 2.53. The summed E-state index contributed by atoms with van der Waals surface area (Å²) >= 11 is 0. The SMILES string of the molecule is COC(=O)C=Cc1ccc(C(=O)c2ccccc2)cc1. The number of benzene rings is 2. The van der Waals surface area contributed by atoms with E-state index in [1.165, 1.54) is 13.2 Å². The van der Waals surface area contributed by atoms with Crippen LogP contribution in [0.3, 0.4) is 0 Å². The summed E-state index contributed by atoms with van der Waals surface area (Å²) in [7, 11) is 1.33. The maximum Gasteiger partial charge on any atom is 0.330 e. The van der Waals surface area contributed by atoms with E-state index in [1.54, 1.807) is 42.5 Å². The number of ether oxygens (including phenoxy) is 1. The maximum absolute atomic E-state index is 12.2. The first-order valence-corrected chi connectivity index (χ1v) is 6.16. The van der Waals surface area contributed by atoms with E-state index in [1.807, 2.05) is 18.2 Å². The zero-order chi connectivity index (χ0) is 14.4. The molecular weight excluding hydrogens is 252 g/mol. The largest absolute Gasteiger partial charge is 0.466 e. The van der Waals surface area contributed by atoms with Crippen molar-refractivity contribution in [3.8, 4) is 0 Å². The van der Waals surface area contributed by atoms with Gasteiger partial charge in [0.2, 0.25) is 0 Å². The Labute approximate surface area is 117 Å². The van der Waals surface area contributed by atoms with E-state index < -0.39 is 5.97 Å². The van der Waals surface area contributed by atoms with Crippen LogP contribution in [-0.4, -0.2) is 18.9 Å². The number of rotatable bonds is 4. The second-order valence-corrected chi connectivity index (χ2v) is 4.17. The Morgan fingerprint density at radius 2 is 1.50 bits per heavy atom. The van der Waals surface area contributed by atoms with E-state index in [2.05, 4.69) is 4.74 Å². The van der Waals surface area contributed by atoms with Crippen molar-refractivity contribution in [1.29, 1.82) is 0 Å². The van der Waals surface area contributed by atoms with Crippen molar-refractivity contribution < 1.29 is 14.3 Å². The van der Waals surface area contributed by atoms with Gasteiger partial charge in [-0.2, -0.15) is 0 Å². The van der Waals surface area contributed by atoms with Crippen LogP contribution in [0.15, 0.2) is 60.7 Å². The summed E-state index contributed by atoms with van der Waals surface area (Å²) < 4.78 is 4.51. The molecule has 100 valence electrons. The minimum atomic E-state index is -0.408. The number of carbonyl (C=O) groups excluding carboxylic acids is 2. The lowest BCUT2D eigenvalue weighted by Gasteiger charge is -2.01. The van der Waals surface area contributed by atoms with E-state index >= 15 is 0 Å². The Hall–Kier alpha value is -2.68. The van der Waals surface area contributed by atoms with Crippen molar-refractivity contribution in [2.24, 2.45) is 0 Å². The third kappa shape index (κ3) is 3.42. The summed E-state index contributed by atoms with van der Waals surface area (Å²) in [4.78, 5) is 23.2. The van der Waals surface area contributed by atoms with Crippen LogP contribution in [0.2, 0.25) is 0 Å². The zero-order valence-corrected chi connectivity index (χ0v) is 11.1. The van der Waals surface area contributed by atoms with Crippen molar-refractivity contribution in [2.45, 2.75) is 0 Å². The Kier molecular flexibility index (Phi) is 4.45. The van der Waals surface area contributed by atoms with Crippen molar-refractivity contribution >= 4 is 17.8 Å². The summed E-state index contributed by atoms with van der Waals surface area (Å²) in [5.41, 5.74) is 2.11. The van der Waals surface area contributed by atoms with Gasteiger partial charge in [-0.15, -0.1) is 0 Å². The lowest BCUT2D eigenvalue weighted by atomic mass is 10.0. The first-order valence-electron chi connectivity index (χ1n) is 6.16. The minimum Gasteiger partial charge on any atom is -0.466 e. The van der Waals surface area contributed by atoms with Gasteiger partial charge in [0.1, 0.15) is 0 Å². The van der Waals surface area contributed by atoms with E-state index in [4.69, 9.17) is 0 Å². The van der Waals surface area contributed by atoms with Crippen LogP contribution in [0.5, 0.6) is 0 Å². The molecule has 2 aromatic rings. The highest BCUT2D eigenvalue weighted by Crippen LogP contribution is 2.12. The van der Waals surface area contributed by atoms with Gasteiger partial charge >= 0.3 is 5.97 Å². The molecule has 3 heteroatoms. The fourth-order valence-electron chi connectivity index (χ4n) is 1.73. The summed E-state index contributed by atoms with van der Waals surface area (Å²) in [6.07, 6.45) is 2.98. The van der Waals surface area contributed by atoms with Gasteiger partial charge in [-0.1, -0.05) is 54.6 Å². The highest BCUT2D eigenvalue weighted by molar-refractivity contribution is 6.09. The van der Waals surface area contributed by atoms with Crippen LogP contribution in [0, 0.1) is 0 Å². The third-order valence-electron chi connectivity index (χ3n) is 2.82. The summed E-state index contributed by atoms with van der Waals surface area (Å²) in [5, 5.41) is 0. The molecule has 2 aromatic carbocycles. The number of carbonyl (C=O) groups is 2. The minimum absolute atomic E-state index is 0.0194. The summed E-state index contributed by atoms with van der Waals surface area (Å²) in [5.74, 6) is -0.427. The molecule has 2 rings (SSSR count). The van der Waals surface area contributed by atoms with Gasteiger partial charge in [-0.05, 0) is 11.6 Å². The summed E-state index contributed by atoms with van der Waals surface area (Å²) in [6, 6.07) is 16.2. The van der Waals surface area contributed by atoms with E-state index in [0.717, 1.165) is 5.56 Å². The molecule has 0 saturated heterocycles. The normalized spacial score (nSPS) is 10.4. The predicted octanol–water partition coefficient (Wildman–Crippen LogP) is 3.10. The Balaban J connectivity index is 2.14. The van der Waals surface area contributed by atoms with Crippen LogP contribution in [0.4, 0.5) is 0 Å². The number of hydrogen-bond acceptors (Lipinski definition) is 3. The molecule has 0 aliphatic rings. The quantitative estimate of drug-likeness (QED) is 0.485.